The van der Waals surface area contributed by atoms with Gasteiger partial charge in [-0.05, 0) is 36.5 Å². The maximum absolute atomic E-state index is 13.8. The predicted octanol–water partition coefficient (Wildman–Crippen LogP) is 1.79. The fraction of sp³-hybridized carbons (Fsp3) is 0.526. The minimum atomic E-state index is -0.260. The molecule has 4 heterocycles. The van der Waals surface area contributed by atoms with Crippen LogP contribution in [0.4, 0.5) is 4.39 Å². The zero-order valence-electron chi connectivity index (χ0n) is 14.6. The maximum Gasteiger partial charge on any atom is 0.292 e. The second-order valence-electron chi connectivity index (χ2n) is 7.59. The van der Waals surface area contributed by atoms with Crippen molar-refractivity contribution in [1.29, 1.82) is 0 Å². The van der Waals surface area contributed by atoms with Crippen LogP contribution in [0.1, 0.15) is 40.9 Å². The van der Waals surface area contributed by atoms with Crippen molar-refractivity contribution in [2.45, 2.75) is 31.8 Å². The summed E-state index contributed by atoms with van der Waals surface area (Å²) in [5.74, 6) is 1.72. The summed E-state index contributed by atoms with van der Waals surface area (Å²) in [5.41, 5.74) is 0.868. The van der Waals surface area contributed by atoms with Crippen LogP contribution in [0.5, 0.6) is 0 Å². The van der Waals surface area contributed by atoms with E-state index in [0.29, 0.717) is 24.2 Å². The summed E-state index contributed by atoms with van der Waals surface area (Å²) in [7, 11) is 0. The highest BCUT2D eigenvalue weighted by Crippen LogP contribution is 2.43. The molecular formula is C19H22FN5O. The molecule has 1 amide bonds. The molecular weight excluding hydrogens is 333 g/mol. The fourth-order valence-electron chi connectivity index (χ4n) is 4.84. The number of carbonyl (C=O) groups is 1. The molecule has 0 spiro atoms. The van der Waals surface area contributed by atoms with E-state index in [1.54, 1.807) is 12.1 Å². The van der Waals surface area contributed by atoms with E-state index in [2.05, 4.69) is 15.5 Å². The van der Waals surface area contributed by atoms with Crippen LogP contribution in [-0.2, 0) is 13.0 Å². The summed E-state index contributed by atoms with van der Waals surface area (Å²) in [6, 6.07) is 6.54. The van der Waals surface area contributed by atoms with Crippen molar-refractivity contribution in [3.8, 4) is 0 Å². The molecule has 0 unspecified atom stereocenters. The number of fused-ring (bicyclic) bond motifs is 2. The van der Waals surface area contributed by atoms with Gasteiger partial charge in [-0.25, -0.2) is 4.39 Å². The zero-order chi connectivity index (χ0) is 17.7. The average Bonchev–Trinajstić information content (AvgIpc) is 3.34. The third-order valence-electron chi connectivity index (χ3n) is 6.07. The highest BCUT2D eigenvalue weighted by Gasteiger charge is 2.47. The Morgan fingerprint density at radius 3 is 3.04 bits per heavy atom. The Labute approximate surface area is 151 Å². The van der Waals surface area contributed by atoms with Crippen molar-refractivity contribution in [1.82, 2.24) is 25.0 Å². The minimum Gasteiger partial charge on any atom is -0.328 e. The van der Waals surface area contributed by atoms with E-state index in [0.717, 1.165) is 50.3 Å². The summed E-state index contributed by atoms with van der Waals surface area (Å²) in [5, 5.41) is 11.9. The lowest BCUT2D eigenvalue weighted by Crippen LogP contribution is -2.36. The smallest absolute Gasteiger partial charge is 0.292 e. The Bertz CT molecular complexity index is 850. The van der Waals surface area contributed by atoms with Crippen molar-refractivity contribution in [3.63, 3.8) is 0 Å². The van der Waals surface area contributed by atoms with Gasteiger partial charge in [-0.15, -0.1) is 10.2 Å². The minimum absolute atomic E-state index is 0.0747. The number of hydrogen-bond donors (Lipinski definition) is 1. The molecule has 5 rings (SSSR count). The summed E-state index contributed by atoms with van der Waals surface area (Å²) in [6.07, 6.45) is 3.02. The number of nitrogens with one attached hydrogen (secondary N) is 1. The lowest BCUT2D eigenvalue weighted by molar-refractivity contribution is 0.0694. The molecule has 1 aromatic heterocycles. The van der Waals surface area contributed by atoms with Gasteiger partial charge in [0.05, 0.1) is 6.04 Å². The second-order valence-corrected chi connectivity index (χ2v) is 7.59. The number of hydrogen-bond acceptors (Lipinski definition) is 4. The highest BCUT2D eigenvalue weighted by molar-refractivity contribution is 5.91. The Kier molecular flexibility index (Phi) is 3.77. The van der Waals surface area contributed by atoms with E-state index < -0.39 is 0 Å². The van der Waals surface area contributed by atoms with Crippen LogP contribution >= 0.6 is 0 Å². The van der Waals surface area contributed by atoms with Gasteiger partial charge in [-0.1, -0.05) is 12.1 Å². The number of nitrogens with zero attached hydrogens (tertiary/aromatic N) is 4. The molecule has 0 aliphatic carbocycles. The number of carbonyl (C=O) groups excluding carboxylic acids is 1. The molecule has 7 heteroatoms. The lowest BCUT2D eigenvalue weighted by Gasteiger charge is -2.28. The van der Waals surface area contributed by atoms with Gasteiger partial charge in [0.1, 0.15) is 11.6 Å². The van der Waals surface area contributed by atoms with Gasteiger partial charge >= 0.3 is 0 Å². The molecule has 1 N–H and O–H groups in total. The van der Waals surface area contributed by atoms with E-state index in [-0.39, 0.29) is 17.8 Å². The van der Waals surface area contributed by atoms with Gasteiger partial charge in [0, 0.05) is 38.5 Å². The van der Waals surface area contributed by atoms with Crippen LogP contribution in [0.15, 0.2) is 24.3 Å². The third-order valence-corrected chi connectivity index (χ3v) is 6.07. The molecule has 2 saturated heterocycles. The first-order valence-electron chi connectivity index (χ1n) is 9.41. The number of aromatic nitrogens is 3. The van der Waals surface area contributed by atoms with Crippen LogP contribution in [0.25, 0.3) is 0 Å². The summed E-state index contributed by atoms with van der Waals surface area (Å²) >= 11 is 0. The molecule has 6 nitrogen and oxygen atoms in total. The number of aryl methyl sites for hydroxylation is 1. The topological polar surface area (TPSA) is 63.1 Å². The molecule has 26 heavy (non-hydrogen) atoms. The van der Waals surface area contributed by atoms with E-state index in [1.165, 1.54) is 6.07 Å². The van der Waals surface area contributed by atoms with E-state index in [1.807, 2.05) is 15.5 Å². The quantitative estimate of drug-likeness (QED) is 0.892. The average molecular weight is 355 g/mol. The molecule has 0 radical (unpaired) electrons. The number of halogens is 1. The first-order valence-corrected chi connectivity index (χ1v) is 9.41. The van der Waals surface area contributed by atoms with Crippen molar-refractivity contribution in [2.75, 3.05) is 19.6 Å². The Hall–Kier alpha value is -2.28. The van der Waals surface area contributed by atoms with Gasteiger partial charge in [0.25, 0.3) is 5.91 Å². The van der Waals surface area contributed by atoms with Crippen molar-refractivity contribution in [2.24, 2.45) is 11.8 Å². The number of likely N-dealkylation sites (tertiary alicyclic amines) is 1. The molecule has 136 valence electrons. The van der Waals surface area contributed by atoms with Crippen LogP contribution in [-0.4, -0.2) is 45.2 Å². The monoisotopic (exact) mass is 355 g/mol. The number of amides is 1. The summed E-state index contributed by atoms with van der Waals surface area (Å²) in [6.45, 7) is 3.24. The zero-order valence-corrected chi connectivity index (χ0v) is 14.6. The second kappa shape index (κ2) is 6.16. The van der Waals surface area contributed by atoms with Crippen LogP contribution in [0, 0.1) is 17.7 Å². The highest BCUT2D eigenvalue weighted by atomic mass is 19.1. The van der Waals surface area contributed by atoms with Crippen LogP contribution < -0.4 is 5.32 Å². The van der Waals surface area contributed by atoms with Gasteiger partial charge < -0.3 is 14.8 Å². The molecule has 3 atom stereocenters. The molecule has 0 saturated carbocycles. The van der Waals surface area contributed by atoms with Gasteiger partial charge in [0.2, 0.25) is 5.82 Å². The molecule has 2 aromatic rings. The Morgan fingerprint density at radius 2 is 2.15 bits per heavy atom. The standard InChI is InChI=1S/C19H22FN5O/c20-14-5-3-4-12(8-14)17-15-10-21-9-13(15)11-25(17)19(26)18-23-22-16-6-1-2-7-24(16)18/h3-5,8,13,15,17,21H,1-2,6-7,9-11H2/t13-,15-,17+/m0/s1. The fourth-order valence-corrected chi connectivity index (χ4v) is 4.84. The Morgan fingerprint density at radius 1 is 1.23 bits per heavy atom. The lowest BCUT2D eigenvalue weighted by atomic mass is 9.89. The largest absolute Gasteiger partial charge is 0.328 e. The van der Waals surface area contributed by atoms with Crippen molar-refractivity contribution >= 4 is 5.91 Å². The third kappa shape index (κ3) is 2.45. The Balaban J connectivity index is 1.52. The van der Waals surface area contributed by atoms with E-state index in [4.69, 9.17) is 0 Å². The molecule has 0 bridgehead atoms. The van der Waals surface area contributed by atoms with Crippen LogP contribution in [0.2, 0.25) is 0 Å². The van der Waals surface area contributed by atoms with Crippen LogP contribution in [0.3, 0.4) is 0 Å². The predicted molar refractivity (Wildman–Crippen MR) is 93.0 cm³/mol. The summed E-state index contributed by atoms with van der Waals surface area (Å²) < 4.78 is 15.8. The van der Waals surface area contributed by atoms with Crippen molar-refractivity contribution in [3.05, 3.63) is 47.3 Å². The van der Waals surface area contributed by atoms with Gasteiger partial charge in [0.15, 0.2) is 0 Å². The SMILES string of the molecule is O=C(c1nnc2n1CCCC2)N1C[C@@H]2CNC[C@@H]2[C@H]1c1cccc(F)c1. The van der Waals surface area contributed by atoms with Gasteiger partial charge in [-0.3, -0.25) is 4.79 Å². The summed E-state index contributed by atoms with van der Waals surface area (Å²) in [4.78, 5) is 15.3. The molecule has 2 fully saturated rings. The normalized spacial score (nSPS) is 27.4. The molecule has 3 aliphatic rings. The first kappa shape index (κ1) is 15.9. The van der Waals surface area contributed by atoms with E-state index in [9.17, 15) is 9.18 Å². The maximum atomic E-state index is 13.8. The van der Waals surface area contributed by atoms with Gasteiger partial charge in [-0.2, -0.15) is 0 Å². The molecule has 1 aromatic carbocycles. The first-order chi connectivity index (χ1) is 12.7. The molecule has 3 aliphatic heterocycles. The van der Waals surface area contributed by atoms with Crippen molar-refractivity contribution < 1.29 is 9.18 Å². The number of benzene rings is 1. The number of rotatable bonds is 2. The van der Waals surface area contributed by atoms with E-state index >= 15 is 0 Å².